The molecule has 3 rings (SSSR count). The predicted octanol–water partition coefficient (Wildman–Crippen LogP) is 3.19. The minimum atomic E-state index is 0.505. The van der Waals surface area contributed by atoms with Gasteiger partial charge in [-0.25, -0.2) is 0 Å². The summed E-state index contributed by atoms with van der Waals surface area (Å²) in [4.78, 5) is 0. The fraction of sp³-hybridized carbons (Fsp3) is 0.455. The SMILES string of the molecule is Clc1cccc2c1NCCC21CC1. The molecule has 1 N–H and O–H groups in total. The highest BCUT2D eigenvalue weighted by atomic mass is 35.5. The van der Waals surface area contributed by atoms with Crippen molar-refractivity contribution in [1.29, 1.82) is 0 Å². The molecule has 2 heteroatoms. The summed E-state index contributed by atoms with van der Waals surface area (Å²) in [6, 6.07) is 6.25. The molecule has 0 bridgehead atoms. The topological polar surface area (TPSA) is 12.0 Å². The minimum absolute atomic E-state index is 0.505. The van der Waals surface area contributed by atoms with Crippen molar-refractivity contribution in [2.45, 2.75) is 24.7 Å². The van der Waals surface area contributed by atoms with Gasteiger partial charge in [-0.2, -0.15) is 0 Å². The van der Waals surface area contributed by atoms with Gasteiger partial charge < -0.3 is 5.32 Å². The van der Waals surface area contributed by atoms with Crippen molar-refractivity contribution < 1.29 is 0 Å². The van der Waals surface area contributed by atoms with Crippen LogP contribution in [0.2, 0.25) is 5.02 Å². The van der Waals surface area contributed by atoms with E-state index in [9.17, 15) is 0 Å². The second-order valence-corrected chi connectivity index (χ2v) is 4.53. The standard InChI is InChI=1S/C11H12ClN/c12-9-3-1-2-8-10(9)13-7-6-11(8)4-5-11/h1-3,13H,4-7H2. The zero-order chi connectivity index (χ0) is 8.89. The molecule has 1 aromatic carbocycles. The molecule has 0 amide bonds. The maximum absolute atomic E-state index is 6.13. The van der Waals surface area contributed by atoms with Gasteiger partial charge in [0.05, 0.1) is 10.7 Å². The first-order valence-electron chi connectivity index (χ1n) is 4.85. The molecule has 68 valence electrons. The van der Waals surface area contributed by atoms with Crippen molar-refractivity contribution in [2.75, 3.05) is 11.9 Å². The van der Waals surface area contributed by atoms with Crippen LogP contribution in [0, 0.1) is 0 Å². The van der Waals surface area contributed by atoms with Crippen LogP contribution in [-0.2, 0) is 5.41 Å². The van der Waals surface area contributed by atoms with Gasteiger partial charge in [-0.15, -0.1) is 0 Å². The second kappa shape index (κ2) is 2.42. The smallest absolute Gasteiger partial charge is 0.0640 e. The normalized spacial score (nSPS) is 22.2. The molecule has 13 heavy (non-hydrogen) atoms. The average molecular weight is 194 g/mol. The Labute approximate surface area is 83.1 Å². The lowest BCUT2D eigenvalue weighted by Gasteiger charge is -2.27. The van der Waals surface area contributed by atoms with Crippen LogP contribution >= 0.6 is 11.6 Å². The number of hydrogen-bond acceptors (Lipinski definition) is 1. The molecule has 1 saturated carbocycles. The number of nitrogens with one attached hydrogen (secondary N) is 1. The van der Waals surface area contributed by atoms with Crippen molar-refractivity contribution in [2.24, 2.45) is 0 Å². The first-order valence-corrected chi connectivity index (χ1v) is 5.23. The Hall–Kier alpha value is -0.690. The van der Waals surface area contributed by atoms with E-state index in [1.807, 2.05) is 6.07 Å². The van der Waals surface area contributed by atoms with Crippen molar-refractivity contribution in [3.8, 4) is 0 Å². The van der Waals surface area contributed by atoms with E-state index in [1.54, 1.807) is 0 Å². The first-order chi connectivity index (χ1) is 6.32. The van der Waals surface area contributed by atoms with Gasteiger partial charge in [0.2, 0.25) is 0 Å². The van der Waals surface area contributed by atoms with Crippen LogP contribution in [0.1, 0.15) is 24.8 Å². The molecule has 1 fully saturated rings. The zero-order valence-electron chi connectivity index (χ0n) is 7.44. The lowest BCUT2D eigenvalue weighted by Crippen LogP contribution is -2.21. The fourth-order valence-electron chi connectivity index (χ4n) is 2.38. The highest BCUT2D eigenvalue weighted by Crippen LogP contribution is 2.56. The van der Waals surface area contributed by atoms with E-state index < -0.39 is 0 Å². The summed E-state index contributed by atoms with van der Waals surface area (Å²) in [7, 11) is 0. The van der Waals surface area contributed by atoms with Crippen LogP contribution in [0.25, 0.3) is 0 Å². The third kappa shape index (κ3) is 1.000. The van der Waals surface area contributed by atoms with E-state index in [2.05, 4.69) is 17.4 Å². The number of hydrogen-bond donors (Lipinski definition) is 1. The van der Waals surface area contributed by atoms with Crippen LogP contribution < -0.4 is 5.32 Å². The van der Waals surface area contributed by atoms with Gasteiger partial charge in [0.25, 0.3) is 0 Å². The summed E-state index contributed by atoms with van der Waals surface area (Å²) in [5.74, 6) is 0. The Balaban J connectivity index is 2.19. The molecule has 0 atom stereocenters. The van der Waals surface area contributed by atoms with Crippen LogP contribution in [0.3, 0.4) is 0 Å². The number of para-hydroxylation sites is 1. The third-order valence-corrected chi connectivity index (χ3v) is 3.66. The molecule has 1 spiro atoms. The first kappa shape index (κ1) is 7.69. The summed E-state index contributed by atoms with van der Waals surface area (Å²) >= 11 is 6.13. The molecule has 1 aliphatic carbocycles. The van der Waals surface area contributed by atoms with Crippen LogP contribution in [0.4, 0.5) is 5.69 Å². The van der Waals surface area contributed by atoms with Crippen LogP contribution in [0.5, 0.6) is 0 Å². The molecule has 1 nitrogen and oxygen atoms in total. The lowest BCUT2D eigenvalue weighted by molar-refractivity contribution is 0.622. The van der Waals surface area contributed by atoms with E-state index >= 15 is 0 Å². The van der Waals surface area contributed by atoms with E-state index in [0.29, 0.717) is 5.41 Å². The highest BCUT2D eigenvalue weighted by molar-refractivity contribution is 6.33. The molecule has 0 aromatic heterocycles. The van der Waals surface area contributed by atoms with Gasteiger partial charge in [0, 0.05) is 6.54 Å². The predicted molar refractivity (Wildman–Crippen MR) is 55.5 cm³/mol. The zero-order valence-corrected chi connectivity index (χ0v) is 8.19. The van der Waals surface area contributed by atoms with Crippen LogP contribution in [-0.4, -0.2) is 6.54 Å². The maximum Gasteiger partial charge on any atom is 0.0640 e. The summed E-state index contributed by atoms with van der Waals surface area (Å²) in [5, 5.41) is 4.27. The third-order valence-electron chi connectivity index (χ3n) is 3.34. The van der Waals surface area contributed by atoms with Crippen molar-refractivity contribution in [1.82, 2.24) is 0 Å². The van der Waals surface area contributed by atoms with Gasteiger partial charge in [0.15, 0.2) is 0 Å². The number of rotatable bonds is 0. The molecule has 2 aliphatic rings. The lowest BCUT2D eigenvalue weighted by atomic mass is 9.88. The molecule has 0 unspecified atom stereocenters. The number of anilines is 1. The van der Waals surface area contributed by atoms with Crippen molar-refractivity contribution in [3.63, 3.8) is 0 Å². The Kier molecular flexibility index (Phi) is 1.43. The van der Waals surface area contributed by atoms with Gasteiger partial charge in [-0.05, 0) is 36.3 Å². The van der Waals surface area contributed by atoms with Gasteiger partial charge >= 0.3 is 0 Å². The number of halogens is 1. The number of benzene rings is 1. The van der Waals surface area contributed by atoms with Crippen molar-refractivity contribution in [3.05, 3.63) is 28.8 Å². The molecule has 1 aliphatic heterocycles. The van der Waals surface area contributed by atoms with E-state index in [4.69, 9.17) is 11.6 Å². The second-order valence-electron chi connectivity index (χ2n) is 4.12. The van der Waals surface area contributed by atoms with Crippen LogP contribution in [0.15, 0.2) is 18.2 Å². The van der Waals surface area contributed by atoms with Gasteiger partial charge in [-0.1, -0.05) is 23.7 Å². The van der Waals surface area contributed by atoms with Gasteiger partial charge in [-0.3, -0.25) is 0 Å². The summed E-state index contributed by atoms with van der Waals surface area (Å²) in [6.07, 6.45) is 3.98. The Morgan fingerprint density at radius 2 is 2.08 bits per heavy atom. The Bertz CT molecular complexity index is 355. The molecule has 0 saturated heterocycles. The van der Waals surface area contributed by atoms with E-state index in [1.165, 1.54) is 30.5 Å². The number of fused-ring (bicyclic) bond motifs is 2. The summed E-state index contributed by atoms with van der Waals surface area (Å²) in [5.41, 5.74) is 3.14. The highest BCUT2D eigenvalue weighted by Gasteiger charge is 2.47. The fourth-order valence-corrected chi connectivity index (χ4v) is 2.62. The Morgan fingerprint density at radius 3 is 2.85 bits per heavy atom. The Morgan fingerprint density at radius 1 is 1.23 bits per heavy atom. The van der Waals surface area contributed by atoms with Gasteiger partial charge in [0.1, 0.15) is 0 Å². The molecule has 1 heterocycles. The van der Waals surface area contributed by atoms with E-state index in [0.717, 1.165) is 11.6 Å². The molecule has 0 radical (unpaired) electrons. The summed E-state index contributed by atoms with van der Waals surface area (Å²) in [6.45, 7) is 1.08. The van der Waals surface area contributed by atoms with E-state index in [-0.39, 0.29) is 0 Å². The molecular weight excluding hydrogens is 182 g/mol. The molecule has 1 aromatic rings. The maximum atomic E-state index is 6.13. The quantitative estimate of drug-likeness (QED) is 0.668. The average Bonchev–Trinajstić information content (AvgIpc) is 2.89. The summed E-state index contributed by atoms with van der Waals surface area (Å²) < 4.78 is 0. The molecular formula is C11H12ClN. The largest absolute Gasteiger partial charge is 0.384 e. The monoisotopic (exact) mass is 193 g/mol. The minimum Gasteiger partial charge on any atom is -0.384 e. The van der Waals surface area contributed by atoms with Crippen molar-refractivity contribution >= 4 is 17.3 Å².